The normalized spacial score (nSPS) is 16.2. The Morgan fingerprint density at radius 3 is 2.38 bits per heavy atom. The lowest BCUT2D eigenvalue weighted by Crippen LogP contribution is -2.17. The predicted octanol–water partition coefficient (Wildman–Crippen LogP) is 2.89. The molecule has 0 fully saturated rings. The van der Waals surface area contributed by atoms with E-state index in [2.05, 4.69) is 10.1 Å². The van der Waals surface area contributed by atoms with Crippen LogP contribution in [0.2, 0.25) is 0 Å². The highest BCUT2D eigenvalue weighted by Crippen LogP contribution is 2.42. The molecule has 1 aromatic heterocycles. The van der Waals surface area contributed by atoms with Gasteiger partial charge in [-0.15, -0.1) is 5.10 Å². The lowest BCUT2D eigenvalue weighted by Gasteiger charge is -2.14. The van der Waals surface area contributed by atoms with Gasteiger partial charge in [-0.2, -0.15) is 4.68 Å². The van der Waals surface area contributed by atoms with Crippen molar-refractivity contribution in [2.75, 3.05) is 20.8 Å². The first-order valence-electron chi connectivity index (χ1n) is 7.70. The summed E-state index contributed by atoms with van der Waals surface area (Å²) in [4.78, 5) is 16.7. The summed E-state index contributed by atoms with van der Waals surface area (Å²) >= 11 is 1.44. The molecule has 1 atom stereocenters. The standard InChI is InChI=1S/C16H19N3O4S/c1-5-12-15(20)19-16(24-12)17-14(18-19)9-7-10(21-3)13(23-6-2)11(8-9)22-4/h7-8,12H,5-6H2,1-4H3/t12-/m0/s1. The second-order valence-electron chi connectivity index (χ2n) is 5.13. The topological polar surface area (TPSA) is 75.5 Å². The first-order chi connectivity index (χ1) is 11.6. The third-order valence-corrected chi connectivity index (χ3v) is 4.98. The molecule has 0 unspecified atom stereocenters. The van der Waals surface area contributed by atoms with Crippen LogP contribution in [0.25, 0.3) is 11.4 Å². The van der Waals surface area contributed by atoms with Crippen molar-refractivity contribution in [3.8, 4) is 28.6 Å². The fraction of sp³-hybridized carbons (Fsp3) is 0.438. The van der Waals surface area contributed by atoms with Crippen LogP contribution in [0.3, 0.4) is 0 Å². The Bertz CT molecular complexity index is 750. The zero-order chi connectivity index (χ0) is 17.3. The second-order valence-corrected chi connectivity index (χ2v) is 6.30. The molecule has 0 radical (unpaired) electrons. The first-order valence-corrected chi connectivity index (χ1v) is 8.58. The maximum Gasteiger partial charge on any atom is 0.262 e. The highest BCUT2D eigenvalue weighted by atomic mass is 32.2. The van der Waals surface area contributed by atoms with Gasteiger partial charge in [0, 0.05) is 5.56 Å². The van der Waals surface area contributed by atoms with Crippen LogP contribution in [-0.4, -0.2) is 46.7 Å². The number of carbonyl (C=O) groups is 1. The Balaban J connectivity index is 2.02. The van der Waals surface area contributed by atoms with Crippen LogP contribution in [0.15, 0.2) is 17.3 Å². The maximum atomic E-state index is 12.2. The molecular formula is C16H19N3O4S. The van der Waals surface area contributed by atoms with E-state index in [9.17, 15) is 4.79 Å². The number of fused-ring (bicyclic) bond motifs is 1. The number of rotatable bonds is 6. The van der Waals surface area contributed by atoms with E-state index in [0.717, 1.165) is 6.42 Å². The number of methoxy groups -OCH3 is 2. The van der Waals surface area contributed by atoms with E-state index >= 15 is 0 Å². The van der Waals surface area contributed by atoms with E-state index in [1.807, 2.05) is 13.8 Å². The van der Waals surface area contributed by atoms with Crippen LogP contribution in [0.4, 0.5) is 0 Å². The van der Waals surface area contributed by atoms with Gasteiger partial charge >= 0.3 is 0 Å². The van der Waals surface area contributed by atoms with E-state index in [0.29, 0.717) is 40.4 Å². The molecule has 0 amide bonds. The van der Waals surface area contributed by atoms with Gasteiger partial charge in [-0.3, -0.25) is 4.79 Å². The smallest absolute Gasteiger partial charge is 0.262 e. The van der Waals surface area contributed by atoms with Gasteiger partial charge in [0.2, 0.25) is 5.75 Å². The number of thioether (sulfide) groups is 1. The minimum absolute atomic E-state index is 0.0267. The molecule has 1 aliphatic rings. The van der Waals surface area contributed by atoms with E-state index < -0.39 is 0 Å². The Kier molecular flexibility index (Phi) is 4.66. The molecule has 24 heavy (non-hydrogen) atoms. The minimum atomic E-state index is -0.0987. The first kappa shape index (κ1) is 16.6. The SMILES string of the molecule is CCOc1c(OC)cc(-c2nc3n(n2)C(=O)[C@H](CC)S3)cc1OC. The van der Waals surface area contributed by atoms with E-state index in [-0.39, 0.29) is 11.2 Å². The molecule has 128 valence electrons. The van der Waals surface area contributed by atoms with Crippen molar-refractivity contribution < 1.29 is 19.0 Å². The third kappa shape index (κ3) is 2.71. The molecule has 1 aromatic carbocycles. The quantitative estimate of drug-likeness (QED) is 0.793. The van der Waals surface area contributed by atoms with E-state index in [4.69, 9.17) is 14.2 Å². The summed E-state index contributed by atoms with van der Waals surface area (Å²) < 4.78 is 17.8. The van der Waals surface area contributed by atoms with Crippen molar-refractivity contribution in [1.29, 1.82) is 0 Å². The Morgan fingerprint density at radius 2 is 1.88 bits per heavy atom. The molecule has 8 heteroatoms. The van der Waals surface area contributed by atoms with Crippen molar-refractivity contribution in [1.82, 2.24) is 14.8 Å². The monoisotopic (exact) mass is 349 g/mol. The highest BCUT2D eigenvalue weighted by Gasteiger charge is 2.33. The zero-order valence-corrected chi connectivity index (χ0v) is 14.8. The van der Waals surface area contributed by atoms with Crippen LogP contribution < -0.4 is 14.2 Å². The van der Waals surface area contributed by atoms with Crippen molar-refractivity contribution in [3.63, 3.8) is 0 Å². The zero-order valence-electron chi connectivity index (χ0n) is 14.0. The van der Waals surface area contributed by atoms with Crippen LogP contribution in [0.5, 0.6) is 17.2 Å². The molecular weight excluding hydrogens is 330 g/mol. The van der Waals surface area contributed by atoms with E-state index in [1.165, 1.54) is 16.4 Å². The van der Waals surface area contributed by atoms with Gasteiger partial charge in [0.05, 0.1) is 26.1 Å². The van der Waals surface area contributed by atoms with Gasteiger partial charge in [0.1, 0.15) is 0 Å². The number of carbonyl (C=O) groups excluding carboxylic acids is 1. The van der Waals surface area contributed by atoms with Crippen LogP contribution in [0, 0.1) is 0 Å². The fourth-order valence-corrected chi connectivity index (χ4v) is 3.50. The molecule has 0 spiro atoms. The third-order valence-electron chi connectivity index (χ3n) is 3.69. The molecule has 7 nitrogen and oxygen atoms in total. The second kappa shape index (κ2) is 6.72. The number of hydrogen-bond acceptors (Lipinski definition) is 7. The predicted molar refractivity (Wildman–Crippen MR) is 90.3 cm³/mol. The number of aromatic nitrogens is 3. The summed E-state index contributed by atoms with van der Waals surface area (Å²) in [5, 5.41) is 4.87. The average molecular weight is 349 g/mol. The molecule has 0 N–H and O–H groups in total. The number of nitrogens with zero attached hydrogens (tertiary/aromatic N) is 3. The van der Waals surface area contributed by atoms with Crippen molar-refractivity contribution in [2.45, 2.75) is 30.7 Å². The average Bonchev–Trinajstić information content (AvgIpc) is 3.14. The maximum absolute atomic E-state index is 12.2. The van der Waals surface area contributed by atoms with Crippen LogP contribution >= 0.6 is 11.8 Å². The summed E-state index contributed by atoms with van der Waals surface area (Å²) in [6.07, 6.45) is 0.759. The molecule has 1 aliphatic heterocycles. The molecule has 2 aromatic rings. The van der Waals surface area contributed by atoms with Crippen molar-refractivity contribution in [2.24, 2.45) is 0 Å². The number of hydrogen-bond donors (Lipinski definition) is 0. The van der Waals surface area contributed by atoms with E-state index in [1.54, 1.807) is 26.4 Å². The van der Waals surface area contributed by atoms with Gasteiger partial charge in [-0.25, -0.2) is 4.98 Å². The number of ether oxygens (including phenoxy) is 3. The lowest BCUT2D eigenvalue weighted by atomic mass is 10.1. The number of benzene rings is 1. The molecule has 0 saturated heterocycles. The van der Waals surface area contributed by atoms with Gasteiger partial charge < -0.3 is 14.2 Å². The summed E-state index contributed by atoms with van der Waals surface area (Å²) in [5.74, 6) is 2.04. The van der Waals surface area contributed by atoms with Gasteiger partial charge in [0.15, 0.2) is 22.5 Å². The Hall–Kier alpha value is -2.22. The highest BCUT2D eigenvalue weighted by molar-refractivity contribution is 8.00. The summed E-state index contributed by atoms with van der Waals surface area (Å²) in [6, 6.07) is 3.57. The van der Waals surface area contributed by atoms with Crippen molar-refractivity contribution >= 4 is 17.7 Å². The summed E-state index contributed by atoms with van der Waals surface area (Å²) in [5.41, 5.74) is 0.704. The largest absolute Gasteiger partial charge is 0.493 e. The summed E-state index contributed by atoms with van der Waals surface area (Å²) in [7, 11) is 3.12. The van der Waals surface area contributed by atoms with Crippen LogP contribution in [0.1, 0.15) is 25.1 Å². The molecule has 0 saturated carbocycles. The molecule has 0 aliphatic carbocycles. The fourth-order valence-electron chi connectivity index (χ4n) is 2.51. The molecule has 3 rings (SSSR count). The Labute approximate surface area is 144 Å². The van der Waals surface area contributed by atoms with Gasteiger partial charge in [0.25, 0.3) is 5.91 Å². The van der Waals surface area contributed by atoms with Crippen LogP contribution in [-0.2, 0) is 0 Å². The molecule has 0 bridgehead atoms. The lowest BCUT2D eigenvalue weighted by molar-refractivity contribution is 0.0892. The van der Waals surface area contributed by atoms with Gasteiger partial charge in [-0.1, -0.05) is 18.7 Å². The van der Waals surface area contributed by atoms with Crippen molar-refractivity contribution in [3.05, 3.63) is 12.1 Å². The minimum Gasteiger partial charge on any atom is -0.493 e. The summed E-state index contributed by atoms with van der Waals surface area (Å²) in [6.45, 7) is 4.36. The van der Waals surface area contributed by atoms with Gasteiger partial charge in [-0.05, 0) is 25.5 Å². The molecule has 2 heterocycles. The Morgan fingerprint density at radius 1 is 1.21 bits per heavy atom.